The quantitative estimate of drug-likeness (QED) is 0.502. The molecule has 0 radical (unpaired) electrons. The monoisotopic (exact) mass is 333 g/mol. The number of aromatic nitrogens is 2. The Hall–Kier alpha value is -3.12. The van der Waals surface area contributed by atoms with E-state index < -0.39 is 0 Å². The fraction of sp³-hybridized carbons (Fsp3) is 0. The topological polar surface area (TPSA) is 75.9 Å². The van der Waals surface area contributed by atoms with Crippen molar-refractivity contribution >= 4 is 49.6 Å². The second-order valence-corrected chi connectivity index (χ2v) is 6.29. The van der Waals surface area contributed by atoms with Crippen LogP contribution in [0.3, 0.4) is 0 Å². The maximum atomic E-state index is 5.89. The third-order valence-electron chi connectivity index (χ3n) is 3.53. The fourth-order valence-corrected chi connectivity index (χ4v) is 3.23. The Balaban J connectivity index is 1.50. The predicted octanol–water partition coefficient (Wildman–Crippen LogP) is 4.76. The van der Waals surface area contributed by atoms with Crippen LogP contribution in [0.4, 0.5) is 28.0 Å². The minimum atomic E-state index is 0.620. The molecule has 0 fully saturated rings. The minimum Gasteiger partial charge on any atom is -0.396 e. The predicted molar refractivity (Wildman–Crippen MR) is 101 cm³/mol. The summed E-state index contributed by atoms with van der Waals surface area (Å²) in [4.78, 5) is 8.80. The molecular weight excluding hydrogens is 318 g/mol. The molecule has 4 N–H and O–H groups in total. The van der Waals surface area contributed by atoms with Crippen molar-refractivity contribution < 1.29 is 0 Å². The summed E-state index contributed by atoms with van der Waals surface area (Å²) in [7, 11) is 0. The van der Waals surface area contributed by atoms with Gasteiger partial charge < -0.3 is 16.4 Å². The zero-order chi connectivity index (χ0) is 16.4. The van der Waals surface area contributed by atoms with Crippen molar-refractivity contribution in [3.05, 3.63) is 66.9 Å². The van der Waals surface area contributed by atoms with Crippen molar-refractivity contribution in [1.29, 1.82) is 0 Å². The number of hydrogen-bond donors (Lipinski definition) is 3. The first-order chi connectivity index (χ1) is 11.8. The smallest absolute Gasteiger partial charge is 0.188 e. The minimum absolute atomic E-state index is 0.620. The van der Waals surface area contributed by atoms with E-state index in [1.165, 1.54) is 4.70 Å². The molecule has 0 aliphatic carbocycles. The van der Waals surface area contributed by atoms with E-state index >= 15 is 0 Å². The Morgan fingerprint density at radius 3 is 2.33 bits per heavy atom. The number of pyridine rings is 1. The van der Waals surface area contributed by atoms with Gasteiger partial charge in [0, 0.05) is 17.6 Å². The average molecular weight is 333 g/mol. The lowest BCUT2D eigenvalue weighted by Crippen LogP contribution is -1.98. The lowest BCUT2D eigenvalue weighted by atomic mass is 10.2. The van der Waals surface area contributed by atoms with Crippen molar-refractivity contribution in [3.63, 3.8) is 0 Å². The molecule has 0 aliphatic rings. The maximum Gasteiger partial charge on any atom is 0.188 e. The zero-order valence-corrected chi connectivity index (χ0v) is 13.5. The Kier molecular flexibility index (Phi) is 3.72. The van der Waals surface area contributed by atoms with Gasteiger partial charge in [0.2, 0.25) is 0 Å². The Morgan fingerprint density at radius 2 is 1.58 bits per heavy atom. The number of benzene rings is 2. The normalized spacial score (nSPS) is 10.7. The van der Waals surface area contributed by atoms with Crippen molar-refractivity contribution in [2.75, 3.05) is 16.4 Å². The molecule has 4 rings (SSSR count). The molecule has 2 aromatic carbocycles. The first kappa shape index (κ1) is 14.5. The Morgan fingerprint density at radius 1 is 0.833 bits per heavy atom. The lowest BCUT2D eigenvalue weighted by Gasteiger charge is -2.09. The van der Waals surface area contributed by atoms with Crippen LogP contribution in [0.1, 0.15) is 0 Å². The molecule has 5 nitrogen and oxygen atoms in total. The van der Waals surface area contributed by atoms with Gasteiger partial charge in [0.05, 0.1) is 15.9 Å². The summed E-state index contributed by atoms with van der Waals surface area (Å²) >= 11 is 1.64. The molecule has 2 aromatic heterocycles. The standard InChI is InChI=1S/C18H15N5S/c19-14-4-3-11-20-17(14)21-12-7-9-13(10-8-12)22-18-23-15-5-1-2-6-16(15)24-18/h1-11H,19H2,(H,20,21)(H,22,23). The van der Waals surface area contributed by atoms with Crippen LogP contribution in [-0.4, -0.2) is 9.97 Å². The number of nitrogen functional groups attached to an aromatic ring is 1. The molecule has 0 bridgehead atoms. The van der Waals surface area contributed by atoms with Crippen LogP contribution < -0.4 is 16.4 Å². The van der Waals surface area contributed by atoms with E-state index in [4.69, 9.17) is 5.73 Å². The highest BCUT2D eigenvalue weighted by molar-refractivity contribution is 7.22. The van der Waals surface area contributed by atoms with E-state index in [9.17, 15) is 0 Å². The highest BCUT2D eigenvalue weighted by Crippen LogP contribution is 2.29. The molecule has 0 saturated heterocycles. The number of para-hydroxylation sites is 1. The van der Waals surface area contributed by atoms with Crippen LogP contribution >= 0.6 is 11.3 Å². The molecular formula is C18H15N5S. The van der Waals surface area contributed by atoms with Crippen molar-refractivity contribution in [2.24, 2.45) is 0 Å². The summed E-state index contributed by atoms with van der Waals surface area (Å²) in [6.07, 6.45) is 1.71. The van der Waals surface area contributed by atoms with Crippen molar-refractivity contribution in [2.45, 2.75) is 0 Å². The summed E-state index contributed by atoms with van der Waals surface area (Å²) in [6.45, 7) is 0. The third kappa shape index (κ3) is 3.00. The van der Waals surface area contributed by atoms with E-state index in [0.717, 1.165) is 22.0 Å². The maximum absolute atomic E-state index is 5.89. The molecule has 6 heteroatoms. The van der Waals surface area contributed by atoms with Crippen LogP contribution in [0.25, 0.3) is 10.2 Å². The highest BCUT2D eigenvalue weighted by atomic mass is 32.1. The third-order valence-corrected chi connectivity index (χ3v) is 4.48. The summed E-state index contributed by atoms with van der Waals surface area (Å²) in [6, 6.07) is 19.7. The Labute approximate surface area is 143 Å². The number of nitrogens with zero attached hydrogens (tertiary/aromatic N) is 2. The van der Waals surface area contributed by atoms with Gasteiger partial charge in [-0.05, 0) is 48.5 Å². The highest BCUT2D eigenvalue weighted by Gasteiger charge is 2.04. The van der Waals surface area contributed by atoms with Gasteiger partial charge in [-0.15, -0.1) is 0 Å². The molecule has 24 heavy (non-hydrogen) atoms. The van der Waals surface area contributed by atoms with Crippen LogP contribution in [0.15, 0.2) is 66.9 Å². The van der Waals surface area contributed by atoms with Gasteiger partial charge in [0.15, 0.2) is 10.9 Å². The number of hydrogen-bond acceptors (Lipinski definition) is 6. The molecule has 0 unspecified atom stereocenters. The lowest BCUT2D eigenvalue weighted by molar-refractivity contribution is 1.31. The van der Waals surface area contributed by atoms with Crippen LogP contribution in [0, 0.1) is 0 Å². The molecule has 2 heterocycles. The Bertz CT molecular complexity index is 945. The molecule has 0 spiro atoms. The van der Waals surface area contributed by atoms with Gasteiger partial charge in [-0.3, -0.25) is 0 Å². The molecule has 0 amide bonds. The SMILES string of the molecule is Nc1cccnc1Nc1ccc(Nc2nc3ccccc3s2)cc1. The van der Waals surface area contributed by atoms with Crippen LogP contribution in [-0.2, 0) is 0 Å². The van der Waals surface area contributed by atoms with E-state index in [-0.39, 0.29) is 0 Å². The largest absolute Gasteiger partial charge is 0.396 e. The van der Waals surface area contributed by atoms with Crippen LogP contribution in [0.5, 0.6) is 0 Å². The summed E-state index contributed by atoms with van der Waals surface area (Å²) < 4.78 is 1.17. The van der Waals surface area contributed by atoms with Gasteiger partial charge in [-0.25, -0.2) is 9.97 Å². The van der Waals surface area contributed by atoms with Crippen molar-refractivity contribution in [3.8, 4) is 0 Å². The fourth-order valence-electron chi connectivity index (χ4n) is 2.34. The van der Waals surface area contributed by atoms with E-state index in [1.54, 1.807) is 17.5 Å². The first-order valence-electron chi connectivity index (χ1n) is 7.48. The molecule has 4 aromatic rings. The summed E-state index contributed by atoms with van der Waals surface area (Å²) in [5, 5.41) is 7.42. The number of rotatable bonds is 4. The summed E-state index contributed by atoms with van der Waals surface area (Å²) in [5.41, 5.74) is 9.43. The van der Waals surface area contributed by atoms with Crippen LogP contribution in [0.2, 0.25) is 0 Å². The molecule has 0 aliphatic heterocycles. The van der Waals surface area contributed by atoms with Gasteiger partial charge in [-0.2, -0.15) is 0 Å². The summed E-state index contributed by atoms with van der Waals surface area (Å²) in [5.74, 6) is 0.657. The number of thiazole rings is 1. The number of nitrogens with one attached hydrogen (secondary N) is 2. The number of fused-ring (bicyclic) bond motifs is 1. The van der Waals surface area contributed by atoms with E-state index in [0.29, 0.717) is 11.5 Å². The zero-order valence-electron chi connectivity index (χ0n) is 12.7. The van der Waals surface area contributed by atoms with Crippen molar-refractivity contribution in [1.82, 2.24) is 9.97 Å². The van der Waals surface area contributed by atoms with Gasteiger partial charge in [0.25, 0.3) is 0 Å². The van der Waals surface area contributed by atoms with Gasteiger partial charge in [0.1, 0.15) is 0 Å². The van der Waals surface area contributed by atoms with Gasteiger partial charge >= 0.3 is 0 Å². The number of anilines is 5. The molecule has 0 saturated carbocycles. The van der Waals surface area contributed by atoms with Gasteiger partial charge in [-0.1, -0.05) is 23.5 Å². The number of nitrogens with two attached hydrogens (primary N) is 1. The second-order valence-electron chi connectivity index (χ2n) is 5.26. The van der Waals surface area contributed by atoms with E-state index in [1.807, 2.05) is 54.6 Å². The first-order valence-corrected chi connectivity index (χ1v) is 8.30. The second kappa shape index (κ2) is 6.17. The molecule has 0 atom stereocenters. The molecule has 118 valence electrons. The average Bonchev–Trinajstić information content (AvgIpc) is 3.01. The van der Waals surface area contributed by atoms with E-state index in [2.05, 4.69) is 26.7 Å².